The van der Waals surface area contributed by atoms with E-state index in [0.717, 1.165) is 10.9 Å². The number of hydrogen-bond donors (Lipinski definition) is 3. The molecule has 3 N–H and O–H groups in total. The standard InChI is InChI=1S/C17H19N7O2/c1-17(2,3)23-22-16-14(24(25)26)15(19-10-20-16)21-13-8-4-7-12-11(13)6-5-9-18-12/h4-10,23H,1-3H3,(H2,19,20,21,22). The van der Waals surface area contributed by atoms with E-state index in [9.17, 15) is 10.1 Å². The molecule has 0 radical (unpaired) electrons. The molecule has 0 unspecified atom stereocenters. The largest absolute Gasteiger partial charge is 0.354 e. The average molecular weight is 353 g/mol. The second kappa shape index (κ2) is 6.89. The molecule has 9 heteroatoms. The fraction of sp³-hybridized carbons (Fsp3) is 0.235. The van der Waals surface area contributed by atoms with Gasteiger partial charge in [-0.05, 0) is 45.0 Å². The van der Waals surface area contributed by atoms with Gasteiger partial charge in [0.2, 0.25) is 11.6 Å². The minimum absolute atomic E-state index is 0.0841. The van der Waals surface area contributed by atoms with Crippen molar-refractivity contribution in [3.63, 3.8) is 0 Å². The van der Waals surface area contributed by atoms with Crippen molar-refractivity contribution < 1.29 is 4.92 Å². The molecule has 0 saturated carbocycles. The molecule has 0 fully saturated rings. The van der Waals surface area contributed by atoms with Gasteiger partial charge in [0.15, 0.2) is 0 Å². The molecule has 9 nitrogen and oxygen atoms in total. The Kier molecular flexibility index (Phi) is 4.63. The summed E-state index contributed by atoms with van der Waals surface area (Å²) in [5.41, 5.74) is 6.68. The molecule has 0 spiro atoms. The van der Waals surface area contributed by atoms with E-state index in [-0.39, 0.29) is 22.9 Å². The number of benzene rings is 1. The zero-order valence-corrected chi connectivity index (χ0v) is 14.6. The summed E-state index contributed by atoms with van der Waals surface area (Å²) in [6, 6.07) is 9.21. The molecule has 0 atom stereocenters. The molecule has 1 aromatic carbocycles. The second-order valence-electron chi connectivity index (χ2n) is 6.68. The predicted molar refractivity (Wildman–Crippen MR) is 100 cm³/mol. The molecule has 0 bridgehead atoms. The van der Waals surface area contributed by atoms with Crippen LogP contribution in [0.1, 0.15) is 20.8 Å². The van der Waals surface area contributed by atoms with Crippen LogP contribution in [0, 0.1) is 10.1 Å². The highest BCUT2D eigenvalue weighted by molar-refractivity contribution is 5.93. The molecule has 2 heterocycles. The summed E-state index contributed by atoms with van der Waals surface area (Å²) in [5.74, 6) is 0.181. The van der Waals surface area contributed by atoms with Gasteiger partial charge in [0.1, 0.15) is 6.33 Å². The van der Waals surface area contributed by atoms with Gasteiger partial charge in [-0.25, -0.2) is 15.4 Å². The van der Waals surface area contributed by atoms with Crippen LogP contribution in [0.3, 0.4) is 0 Å². The Balaban J connectivity index is 2.00. The highest BCUT2D eigenvalue weighted by Crippen LogP contribution is 2.33. The Labute approximate surface area is 150 Å². The SMILES string of the molecule is CC(C)(C)NNc1ncnc(Nc2cccc3ncccc23)c1[N+](=O)[O-]. The van der Waals surface area contributed by atoms with Gasteiger partial charge in [0.25, 0.3) is 0 Å². The van der Waals surface area contributed by atoms with Gasteiger partial charge in [-0.3, -0.25) is 20.5 Å². The van der Waals surface area contributed by atoms with Gasteiger partial charge in [-0.15, -0.1) is 0 Å². The molecule has 26 heavy (non-hydrogen) atoms. The number of nitrogens with one attached hydrogen (secondary N) is 3. The van der Waals surface area contributed by atoms with Crippen molar-refractivity contribution in [2.24, 2.45) is 0 Å². The van der Waals surface area contributed by atoms with E-state index in [1.54, 1.807) is 6.20 Å². The predicted octanol–water partition coefficient (Wildman–Crippen LogP) is 3.39. The van der Waals surface area contributed by atoms with Crippen LogP contribution in [0.2, 0.25) is 0 Å². The zero-order valence-electron chi connectivity index (χ0n) is 14.6. The highest BCUT2D eigenvalue weighted by atomic mass is 16.6. The third kappa shape index (κ3) is 3.83. The fourth-order valence-corrected chi connectivity index (χ4v) is 2.32. The van der Waals surface area contributed by atoms with Crippen LogP contribution in [0.4, 0.5) is 23.0 Å². The number of hydrazine groups is 1. The van der Waals surface area contributed by atoms with Gasteiger partial charge in [-0.2, -0.15) is 0 Å². The summed E-state index contributed by atoms with van der Waals surface area (Å²) in [6.45, 7) is 5.78. The van der Waals surface area contributed by atoms with Crippen molar-refractivity contribution in [3.8, 4) is 0 Å². The van der Waals surface area contributed by atoms with Crippen LogP contribution in [-0.4, -0.2) is 25.4 Å². The number of aromatic nitrogens is 3. The summed E-state index contributed by atoms with van der Waals surface area (Å²) in [6.07, 6.45) is 2.96. The van der Waals surface area contributed by atoms with Crippen molar-refractivity contribution >= 4 is 33.9 Å². The van der Waals surface area contributed by atoms with Crippen molar-refractivity contribution in [2.45, 2.75) is 26.3 Å². The molecule has 0 aliphatic heterocycles. The third-order valence-electron chi connectivity index (χ3n) is 3.46. The maximum Gasteiger partial charge on any atom is 0.354 e. The van der Waals surface area contributed by atoms with E-state index in [2.05, 4.69) is 31.1 Å². The summed E-state index contributed by atoms with van der Waals surface area (Å²) < 4.78 is 0. The number of nitro groups is 1. The van der Waals surface area contributed by atoms with Gasteiger partial charge < -0.3 is 5.32 Å². The molecule has 0 aliphatic carbocycles. The molecule has 0 saturated heterocycles. The molecule has 134 valence electrons. The number of hydrogen-bond acceptors (Lipinski definition) is 8. The Bertz CT molecular complexity index is 948. The highest BCUT2D eigenvalue weighted by Gasteiger charge is 2.24. The Morgan fingerprint density at radius 2 is 1.81 bits per heavy atom. The van der Waals surface area contributed by atoms with E-state index in [0.29, 0.717) is 5.69 Å². The van der Waals surface area contributed by atoms with Crippen LogP contribution in [-0.2, 0) is 0 Å². The average Bonchev–Trinajstić information content (AvgIpc) is 2.59. The van der Waals surface area contributed by atoms with Crippen LogP contribution >= 0.6 is 0 Å². The van der Waals surface area contributed by atoms with E-state index < -0.39 is 4.92 Å². The number of fused-ring (bicyclic) bond motifs is 1. The summed E-state index contributed by atoms with van der Waals surface area (Å²) in [4.78, 5) is 23.4. The number of rotatable bonds is 5. The van der Waals surface area contributed by atoms with Crippen LogP contribution < -0.4 is 16.2 Å². The first-order valence-electron chi connectivity index (χ1n) is 7.98. The first-order valence-corrected chi connectivity index (χ1v) is 7.98. The minimum Gasteiger partial charge on any atom is -0.334 e. The lowest BCUT2D eigenvalue weighted by Crippen LogP contribution is -2.40. The van der Waals surface area contributed by atoms with Crippen molar-refractivity contribution in [2.75, 3.05) is 10.7 Å². The zero-order chi connectivity index (χ0) is 18.7. The normalized spacial score (nSPS) is 11.3. The second-order valence-corrected chi connectivity index (χ2v) is 6.68. The van der Waals surface area contributed by atoms with Crippen LogP contribution in [0.5, 0.6) is 0 Å². The smallest absolute Gasteiger partial charge is 0.334 e. The van der Waals surface area contributed by atoms with Crippen LogP contribution in [0.25, 0.3) is 10.9 Å². The molecular formula is C17H19N7O2. The Hall–Kier alpha value is -3.33. The molecule has 0 aliphatic rings. The molecule has 2 aromatic heterocycles. The quantitative estimate of drug-likeness (QED) is 0.472. The first kappa shape index (κ1) is 17.5. The lowest BCUT2D eigenvalue weighted by atomic mass is 10.1. The van der Waals surface area contributed by atoms with Gasteiger partial charge in [0, 0.05) is 22.8 Å². The monoisotopic (exact) mass is 353 g/mol. The van der Waals surface area contributed by atoms with E-state index in [1.165, 1.54) is 6.33 Å². The lowest BCUT2D eigenvalue weighted by Gasteiger charge is -2.21. The number of pyridine rings is 1. The topological polar surface area (TPSA) is 118 Å². The van der Waals surface area contributed by atoms with Gasteiger partial charge in [0.05, 0.1) is 10.4 Å². The molecule has 3 rings (SSSR count). The fourth-order valence-electron chi connectivity index (χ4n) is 2.32. The lowest BCUT2D eigenvalue weighted by molar-refractivity contribution is -0.383. The summed E-state index contributed by atoms with van der Waals surface area (Å²) in [7, 11) is 0. The molecule has 3 aromatic rings. The molecular weight excluding hydrogens is 334 g/mol. The number of anilines is 3. The van der Waals surface area contributed by atoms with Gasteiger partial charge >= 0.3 is 5.69 Å². The van der Waals surface area contributed by atoms with Crippen molar-refractivity contribution in [1.29, 1.82) is 0 Å². The number of nitrogens with zero attached hydrogens (tertiary/aromatic N) is 4. The van der Waals surface area contributed by atoms with E-state index in [4.69, 9.17) is 0 Å². The van der Waals surface area contributed by atoms with Gasteiger partial charge in [-0.1, -0.05) is 6.07 Å². The summed E-state index contributed by atoms with van der Waals surface area (Å²) in [5, 5.41) is 15.5. The Morgan fingerprint density at radius 3 is 2.54 bits per heavy atom. The van der Waals surface area contributed by atoms with Crippen molar-refractivity contribution in [3.05, 3.63) is 53.0 Å². The van der Waals surface area contributed by atoms with Crippen LogP contribution in [0.15, 0.2) is 42.9 Å². The van der Waals surface area contributed by atoms with E-state index >= 15 is 0 Å². The first-order chi connectivity index (χ1) is 12.3. The van der Waals surface area contributed by atoms with E-state index in [1.807, 2.05) is 51.1 Å². The minimum atomic E-state index is -0.515. The maximum atomic E-state index is 11.6. The molecule has 0 amide bonds. The summed E-state index contributed by atoms with van der Waals surface area (Å²) >= 11 is 0. The Morgan fingerprint density at radius 1 is 1.04 bits per heavy atom. The maximum absolute atomic E-state index is 11.6. The third-order valence-corrected chi connectivity index (χ3v) is 3.46. The van der Waals surface area contributed by atoms with Crippen molar-refractivity contribution in [1.82, 2.24) is 20.4 Å².